The fourth-order valence-electron chi connectivity index (χ4n) is 5.33. The number of methoxy groups -OCH3 is 1. The van der Waals surface area contributed by atoms with Crippen LogP contribution in [0.4, 0.5) is 0 Å². The van der Waals surface area contributed by atoms with E-state index in [4.69, 9.17) is 4.74 Å². The van der Waals surface area contributed by atoms with Crippen molar-refractivity contribution < 1.29 is 19.1 Å². The third-order valence-electron chi connectivity index (χ3n) is 6.76. The molecule has 5 rings (SSSR count). The highest BCUT2D eigenvalue weighted by atomic mass is 16.5. The first-order valence-electron chi connectivity index (χ1n) is 10.4. The number of hydrogen-bond acceptors (Lipinski definition) is 5. The standard InChI is InChI=1S/C24H23N3O4/c1-13-9-18(14(2)26(13)19-6-4-5-17(11-19)24(30)31-3)12-25-27-22(28)20-15-7-8-16(10-15)21(20)23(27)29/h4-9,11-12,15-16,20-21H,10H2,1-3H3. The molecule has 7 heteroatoms. The van der Waals surface area contributed by atoms with Gasteiger partial charge in [0.25, 0.3) is 11.8 Å². The summed E-state index contributed by atoms with van der Waals surface area (Å²) < 4.78 is 6.82. The molecule has 2 heterocycles. The van der Waals surface area contributed by atoms with Gasteiger partial charge in [-0.2, -0.15) is 10.1 Å². The Morgan fingerprint density at radius 2 is 1.77 bits per heavy atom. The molecule has 1 aliphatic heterocycles. The molecule has 4 atom stereocenters. The van der Waals surface area contributed by atoms with Crippen molar-refractivity contribution in [3.63, 3.8) is 0 Å². The Balaban J connectivity index is 1.43. The lowest BCUT2D eigenvalue weighted by atomic mass is 9.85. The Labute approximate surface area is 180 Å². The van der Waals surface area contributed by atoms with Crippen LogP contribution in [0.2, 0.25) is 0 Å². The van der Waals surface area contributed by atoms with Gasteiger partial charge in [-0.1, -0.05) is 18.2 Å². The van der Waals surface area contributed by atoms with Crippen LogP contribution in [0.1, 0.15) is 33.7 Å². The quantitative estimate of drug-likeness (QED) is 0.331. The van der Waals surface area contributed by atoms with Crippen LogP contribution in [0.5, 0.6) is 0 Å². The van der Waals surface area contributed by atoms with Gasteiger partial charge in [0, 0.05) is 22.6 Å². The van der Waals surface area contributed by atoms with Gasteiger partial charge in [0.1, 0.15) is 0 Å². The summed E-state index contributed by atoms with van der Waals surface area (Å²) >= 11 is 0. The number of esters is 1. The molecule has 2 fully saturated rings. The molecule has 31 heavy (non-hydrogen) atoms. The Kier molecular flexibility index (Phi) is 4.43. The van der Waals surface area contributed by atoms with E-state index in [0.717, 1.165) is 34.1 Å². The van der Waals surface area contributed by atoms with Gasteiger partial charge in [0.2, 0.25) is 0 Å². The Morgan fingerprint density at radius 3 is 2.42 bits per heavy atom. The molecule has 158 valence electrons. The van der Waals surface area contributed by atoms with E-state index in [1.54, 1.807) is 24.4 Å². The second kappa shape index (κ2) is 7.04. The lowest BCUT2D eigenvalue weighted by molar-refractivity contribution is -0.140. The van der Waals surface area contributed by atoms with Gasteiger partial charge in [-0.05, 0) is 56.4 Å². The van der Waals surface area contributed by atoms with Crippen molar-refractivity contribution in [2.75, 3.05) is 7.11 Å². The van der Waals surface area contributed by atoms with E-state index in [2.05, 4.69) is 17.3 Å². The molecule has 1 saturated heterocycles. The van der Waals surface area contributed by atoms with Crippen molar-refractivity contribution in [1.82, 2.24) is 9.58 Å². The molecule has 0 N–H and O–H groups in total. The first-order valence-corrected chi connectivity index (χ1v) is 10.4. The SMILES string of the molecule is COC(=O)c1cccc(-n2c(C)cc(C=NN3C(=O)C4C5C=CC(C5)C4C3=O)c2C)c1. The fraction of sp³-hybridized carbons (Fsp3) is 0.333. The molecule has 1 saturated carbocycles. The predicted molar refractivity (Wildman–Crippen MR) is 114 cm³/mol. The van der Waals surface area contributed by atoms with E-state index < -0.39 is 5.97 Å². The first kappa shape index (κ1) is 19.5. The number of aryl methyl sites for hydroxylation is 1. The Bertz CT molecular complexity index is 1150. The molecular weight excluding hydrogens is 394 g/mol. The number of carbonyl (C=O) groups is 3. The lowest BCUT2D eigenvalue weighted by Crippen LogP contribution is -2.28. The van der Waals surface area contributed by atoms with Gasteiger partial charge >= 0.3 is 5.97 Å². The van der Waals surface area contributed by atoms with Crippen LogP contribution in [0.25, 0.3) is 5.69 Å². The molecule has 0 spiro atoms. The van der Waals surface area contributed by atoms with E-state index in [1.165, 1.54) is 7.11 Å². The van der Waals surface area contributed by atoms with Crippen LogP contribution in [-0.4, -0.2) is 40.7 Å². The van der Waals surface area contributed by atoms with Crippen LogP contribution in [0.3, 0.4) is 0 Å². The summed E-state index contributed by atoms with van der Waals surface area (Å²) in [5.41, 5.74) is 3.93. The summed E-state index contributed by atoms with van der Waals surface area (Å²) in [7, 11) is 1.35. The zero-order chi connectivity index (χ0) is 21.9. The first-order chi connectivity index (χ1) is 14.9. The van der Waals surface area contributed by atoms with E-state index >= 15 is 0 Å². The third-order valence-corrected chi connectivity index (χ3v) is 6.76. The fourth-order valence-corrected chi connectivity index (χ4v) is 5.33. The molecule has 7 nitrogen and oxygen atoms in total. The second-order valence-electron chi connectivity index (χ2n) is 8.44. The average Bonchev–Trinajstić information content (AvgIpc) is 3.50. The van der Waals surface area contributed by atoms with Crippen molar-refractivity contribution in [3.05, 3.63) is 65.0 Å². The highest BCUT2D eigenvalue weighted by Gasteiger charge is 2.59. The number of imide groups is 1. The number of hydrogen-bond donors (Lipinski definition) is 0. The minimum absolute atomic E-state index is 0.166. The zero-order valence-corrected chi connectivity index (χ0v) is 17.6. The number of ether oxygens (including phenoxy) is 1. The maximum absolute atomic E-state index is 12.8. The van der Waals surface area contributed by atoms with Crippen molar-refractivity contribution in [2.45, 2.75) is 20.3 Å². The van der Waals surface area contributed by atoms with E-state index in [0.29, 0.717) is 5.56 Å². The van der Waals surface area contributed by atoms with Crippen LogP contribution < -0.4 is 0 Å². The van der Waals surface area contributed by atoms with Gasteiger partial charge < -0.3 is 9.30 Å². The molecule has 3 aliphatic rings. The number of fused-ring (bicyclic) bond motifs is 5. The van der Waals surface area contributed by atoms with Gasteiger partial charge in [-0.3, -0.25) is 9.59 Å². The maximum atomic E-state index is 12.8. The van der Waals surface area contributed by atoms with Crippen LogP contribution in [0.15, 0.2) is 47.6 Å². The Morgan fingerprint density at radius 1 is 1.10 bits per heavy atom. The minimum atomic E-state index is -0.397. The Hall–Kier alpha value is -3.48. The van der Waals surface area contributed by atoms with Crippen molar-refractivity contribution >= 4 is 24.0 Å². The molecule has 2 amide bonds. The number of carbonyl (C=O) groups excluding carboxylic acids is 3. The highest BCUT2D eigenvalue weighted by Crippen LogP contribution is 2.52. The number of amides is 2. The molecule has 2 aromatic rings. The number of aromatic nitrogens is 1. The van der Waals surface area contributed by atoms with Crippen LogP contribution >= 0.6 is 0 Å². The summed E-state index contributed by atoms with van der Waals surface area (Å²) in [5, 5.41) is 5.36. The van der Waals surface area contributed by atoms with E-state index in [9.17, 15) is 14.4 Å². The van der Waals surface area contributed by atoms with Crippen LogP contribution in [-0.2, 0) is 14.3 Å². The predicted octanol–water partition coefficient (Wildman–Crippen LogP) is 3.02. The van der Waals surface area contributed by atoms with E-state index in [-0.39, 0.29) is 35.5 Å². The van der Waals surface area contributed by atoms with Gasteiger partial charge in [0.05, 0.1) is 30.7 Å². The highest BCUT2D eigenvalue weighted by molar-refractivity contribution is 6.06. The van der Waals surface area contributed by atoms with Crippen molar-refractivity contribution in [1.29, 1.82) is 0 Å². The number of rotatable bonds is 4. The van der Waals surface area contributed by atoms with Crippen LogP contribution in [0, 0.1) is 37.5 Å². The average molecular weight is 417 g/mol. The van der Waals surface area contributed by atoms with Crippen molar-refractivity contribution in [2.24, 2.45) is 28.8 Å². The summed E-state index contributed by atoms with van der Waals surface area (Å²) in [6.45, 7) is 3.89. The minimum Gasteiger partial charge on any atom is -0.465 e. The molecule has 0 radical (unpaired) electrons. The normalized spacial score (nSPS) is 26.4. The third kappa shape index (κ3) is 2.87. The number of nitrogens with zero attached hydrogens (tertiary/aromatic N) is 3. The number of benzene rings is 1. The molecule has 1 aromatic heterocycles. The largest absolute Gasteiger partial charge is 0.465 e. The van der Waals surface area contributed by atoms with Crippen molar-refractivity contribution in [3.8, 4) is 5.69 Å². The molecule has 4 unspecified atom stereocenters. The number of hydrazone groups is 1. The second-order valence-corrected chi connectivity index (χ2v) is 8.44. The number of allylic oxidation sites excluding steroid dienone is 2. The maximum Gasteiger partial charge on any atom is 0.337 e. The molecule has 2 aliphatic carbocycles. The summed E-state index contributed by atoms with van der Waals surface area (Å²) in [5.74, 6) is -0.963. The summed E-state index contributed by atoms with van der Waals surface area (Å²) in [6.07, 6.45) is 6.62. The van der Waals surface area contributed by atoms with Gasteiger partial charge in [-0.15, -0.1) is 0 Å². The van der Waals surface area contributed by atoms with Gasteiger partial charge in [-0.25, -0.2) is 4.79 Å². The lowest BCUT2D eigenvalue weighted by Gasteiger charge is -2.13. The topological polar surface area (TPSA) is 81.0 Å². The zero-order valence-electron chi connectivity index (χ0n) is 17.6. The summed E-state index contributed by atoms with van der Waals surface area (Å²) in [6, 6.07) is 9.13. The molecule has 1 aromatic carbocycles. The smallest absolute Gasteiger partial charge is 0.337 e. The summed E-state index contributed by atoms with van der Waals surface area (Å²) in [4.78, 5) is 37.5. The van der Waals surface area contributed by atoms with Gasteiger partial charge in [0.15, 0.2) is 0 Å². The molecule has 2 bridgehead atoms. The van der Waals surface area contributed by atoms with E-state index in [1.807, 2.05) is 30.5 Å². The monoisotopic (exact) mass is 417 g/mol. The molecular formula is C24H23N3O4.